The molecule has 5 nitrogen and oxygen atoms in total. The van der Waals surface area contributed by atoms with Gasteiger partial charge in [0.15, 0.2) is 0 Å². The van der Waals surface area contributed by atoms with E-state index in [0.717, 1.165) is 0 Å². The van der Waals surface area contributed by atoms with Crippen LogP contribution in [0, 0.1) is 0 Å². The van der Waals surface area contributed by atoms with Crippen molar-refractivity contribution in [2.45, 2.75) is 0 Å². The quantitative estimate of drug-likeness (QED) is 0.733. The van der Waals surface area contributed by atoms with Crippen LogP contribution in [-0.2, 0) is 4.79 Å². The van der Waals surface area contributed by atoms with Crippen LogP contribution in [0.2, 0.25) is 0 Å². The Labute approximate surface area is 79.6 Å². The lowest BCUT2D eigenvalue weighted by Crippen LogP contribution is -2.06. The first-order valence-electron chi connectivity index (χ1n) is 3.47. The number of carbonyl (C=O) groups excluding carboxylic acids is 1. The summed E-state index contributed by atoms with van der Waals surface area (Å²) in [6.07, 6.45) is 0. The SMILES string of the molecule is C=O.O=C(O)c1ccccc1C(=O)O. The van der Waals surface area contributed by atoms with Crippen LogP contribution in [-0.4, -0.2) is 28.9 Å². The van der Waals surface area contributed by atoms with Crippen LogP contribution in [0.5, 0.6) is 0 Å². The average molecular weight is 196 g/mol. The van der Waals surface area contributed by atoms with Gasteiger partial charge in [0, 0.05) is 0 Å². The van der Waals surface area contributed by atoms with Gasteiger partial charge in [0.2, 0.25) is 0 Å². The Bertz CT molecular complexity index is 312. The zero-order valence-corrected chi connectivity index (χ0v) is 7.14. The van der Waals surface area contributed by atoms with Crippen molar-refractivity contribution in [1.82, 2.24) is 0 Å². The predicted molar refractivity (Wildman–Crippen MR) is 47.5 cm³/mol. The molecule has 74 valence electrons. The lowest BCUT2D eigenvalue weighted by molar-refractivity contribution is -0.0980. The standard InChI is InChI=1S/C8H6O4.CH2O/c9-7(10)5-3-1-2-4-6(5)8(11)12;1-2/h1-4H,(H,9,10)(H,11,12);1H2. The predicted octanol–water partition coefficient (Wildman–Crippen LogP) is 0.898. The van der Waals surface area contributed by atoms with Gasteiger partial charge >= 0.3 is 11.9 Å². The average Bonchev–Trinajstić information content (AvgIpc) is 2.20. The molecule has 0 spiro atoms. The number of hydrogen-bond acceptors (Lipinski definition) is 3. The van der Waals surface area contributed by atoms with E-state index in [9.17, 15) is 9.59 Å². The summed E-state index contributed by atoms with van der Waals surface area (Å²) in [4.78, 5) is 28.9. The lowest BCUT2D eigenvalue weighted by Gasteiger charge is -1.98. The lowest BCUT2D eigenvalue weighted by atomic mass is 10.1. The Morgan fingerprint density at radius 3 is 1.43 bits per heavy atom. The second-order valence-corrected chi connectivity index (χ2v) is 2.16. The Kier molecular flexibility index (Phi) is 4.62. The Balaban J connectivity index is 0.000000791. The van der Waals surface area contributed by atoms with E-state index in [1.807, 2.05) is 6.79 Å². The third-order valence-corrected chi connectivity index (χ3v) is 1.39. The van der Waals surface area contributed by atoms with Crippen LogP contribution < -0.4 is 0 Å². The minimum absolute atomic E-state index is 0.190. The van der Waals surface area contributed by atoms with E-state index >= 15 is 0 Å². The van der Waals surface area contributed by atoms with Gasteiger partial charge < -0.3 is 15.0 Å². The highest BCUT2D eigenvalue weighted by molar-refractivity contribution is 6.01. The van der Waals surface area contributed by atoms with Gasteiger partial charge in [-0.25, -0.2) is 9.59 Å². The maximum atomic E-state index is 10.5. The molecular formula is C9H8O5. The molecule has 0 fully saturated rings. The number of benzene rings is 1. The molecule has 1 aromatic rings. The molecule has 0 saturated heterocycles. The van der Waals surface area contributed by atoms with E-state index in [1.54, 1.807) is 0 Å². The summed E-state index contributed by atoms with van der Waals surface area (Å²) < 4.78 is 0. The van der Waals surface area contributed by atoms with Crippen molar-refractivity contribution in [2.24, 2.45) is 0 Å². The van der Waals surface area contributed by atoms with Crippen LogP contribution >= 0.6 is 0 Å². The van der Waals surface area contributed by atoms with Crippen LogP contribution in [0.15, 0.2) is 24.3 Å². The molecule has 0 amide bonds. The summed E-state index contributed by atoms with van der Waals surface area (Å²) in [5.41, 5.74) is -0.380. The topological polar surface area (TPSA) is 91.7 Å². The largest absolute Gasteiger partial charge is 0.478 e. The van der Waals surface area contributed by atoms with Gasteiger partial charge in [-0.05, 0) is 12.1 Å². The molecule has 1 rings (SSSR count). The van der Waals surface area contributed by atoms with E-state index in [0.29, 0.717) is 0 Å². The summed E-state index contributed by atoms with van der Waals surface area (Å²) in [6, 6.07) is 5.48. The smallest absolute Gasteiger partial charge is 0.336 e. The van der Waals surface area contributed by atoms with E-state index in [1.165, 1.54) is 24.3 Å². The van der Waals surface area contributed by atoms with Crippen LogP contribution in [0.1, 0.15) is 20.7 Å². The molecule has 1 aromatic carbocycles. The zero-order valence-electron chi connectivity index (χ0n) is 7.14. The van der Waals surface area contributed by atoms with Crippen molar-refractivity contribution < 1.29 is 24.6 Å². The van der Waals surface area contributed by atoms with Crippen LogP contribution in [0.3, 0.4) is 0 Å². The minimum atomic E-state index is -1.23. The van der Waals surface area contributed by atoms with E-state index < -0.39 is 11.9 Å². The molecule has 0 heterocycles. The highest BCUT2D eigenvalue weighted by atomic mass is 16.4. The molecule has 14 heavy (non-hydrogen) atoms. The van der Waals surface area contributed by atoms with Crippen molar-refractivity contribution in [3.8, 4) is 0 Å². The van der Waals surface area contributed by atoms with E-state index in [-0.39, 0.29) is 11.1 Å². The summed E-state index contributed by atoms with van der Waals surface area (Å²) in [5, 5.41) is 17.1. The first-order valence-corrected chi connectivity index (χ1v) is 3.47. The Hall–Kier alpha value is -2.17. The van der Waals surface area contributed by atoms with Crippen molar-refractivity contribution >= 4 is 18.7 Å². The zero-order chi connectivity index (χ0) is 11.1. The normalized spacial score (nSPS) is 8.29. The molecule has 2 N–H and O–H groups in total. The van der Waals surface area contributed by atoms with Gasteiger partial charge in [-0.15, -0.1) is 0 Å². The molecule has 0 radical (unpaired) electrons. The molecule has 0 aliphatic heterocycles. The second kappa shape index (κ2) is 5.47. The molecule has 0 aliphatic carbocycles. The fourth-order valence-electron chi connectivity index (χ4n) is 0.856. The first kappa shape index (κ1) is 11.8. The fourth-order valence-corrected chi connectivity index (χ4v) is 0.856. The highest BCUT2D eigenvalue weighted by Crippen LogP contribution is 2.07. The van der Waals surface area contributed by atoms with Gasteiger partial charge in [0.05, 0.1) is 11.1 Å². The summed E-state index contributed by atoms with van der Waals surface area (Å²) >= 11 is 0. The first-order chi connectivity index (χ1) is 6.63. The number of hydrogen-bond donors (Lipinski definition) is 2. The number of aromatic carboxylic acids is 2. The maximum Gasteiger partial charge on any atom is 0.336 e. The molecule has 0 bridgehead atoms. The monoisotopic (exact) mass is 196 g/mol. The second-order valence-electron chi connectivity index (χ2n) is 2.16. The number of carboxylic acids is 2. The van der Waals surface area contributed by atoms with Gasteiger partial charge in [-0.1, -0.05) is 12.1 Å². The summed E-state index contributed by atoms with van der Waals surface area (Å²) in [6.45, 7) is 2.00. The molecule has 5 heteroatoms. The summed E-state index contributed by atoms with van der Waals surface area (Å²) in [7, 11) is 0. The molecule has 0 aliphatic rings. The number of rotatable bonds is 2. The van der Waals surface area contributed by atoms with Gasteiger partial charge in [0.25, 0.3) is 0 Å². The highest BCUT2D eigenvalue weighted by Gasteiger charge is 2.13. The van der Waals surface area contributed by atoms with Crippen LogP contribution in [0.25, 0.3) is 0 Å². The molecule has 0 saturated carbocycles. The van der Waals surface area contributed by atoms with Gasteiger partial charge in [-0.2, -0.15) is 0 Å². The maximum absolute atomic E-state index is 10.5. The Morgan fingerprint density at radius 2 is 1.21 bits per heavy atom. The molecular weight excluding hydrogens is 188 g/mol. The molecule has 0 aromatic heterocycles. The van der Waals surface area contributed by atoms with Crippen molar-refractivity contribution in [3.63, 3.8) is 0 Å². The van der Waals surface area contributed by atoms with Crippen molar-refractivity contribution in [3.05, 3.63) is 35.4 Å². The van der Waals surface area contributed by atoms with Gasteiger partial charge in [0.1, 0.15) is 6.79 Å². The fraction of sp³-hybridized carbons (Fsp3) is 0. The van der Waals surface area contributed by atoms with E-state index in [4.69, 9.17) is 15.0 Å². The summed E-state index contributed by atoms with van der Waals surface area (Å²) in [5.74, 6) is -2.46. The minimum Gasteiger partial charge on any atom is -0.478 e. The molecule has 0 atom stereocenters. The van der Waals surface area contributed by atoms with Gasteiger partial charge in [-0.3, -0.25) is 0 Å². The van der Waals surface area contributed by atoms with Crippen LogP contribution in [0.4, 0.5) is 0 Å². The van der Waals surface area contributed by atoms with Crippen molar-refractivity contribution in [1.29, 1.82) is 0 Å². The van der Waals surface area contributed by atoms with E-state index in [2.05, 4.69) is 0 Å². The third kappa shape index (κ3) is 2.71. The number of carbonyl (C=O) groups is 3. The number of carboxylic acid groups (broad SMARTS) is 2. The molecule has 0 unspecified atom stereocenters. The van der Waals surface area contributed by atoms with Crippen molar-refractivity contribution in [2.75, 3.05) is 0 Å². The third-order valence-electron chi connectivity index (χ3n) is 1.39. The Morgan fingerprint density at radius 1 is 0.929 bits per heavy atom.